The minimum Gasteiger partial charge on any atom is -1.00 e. The minimum absolute atomic E-state index is 0. The summed E-state index contributed by atoms with van der Waals surface area (Å²) >= 11 is 0. The SMILES string of the molecule is CC1(C)C=C(CC[N+]2(C)CCOCC2)CC(C)(C)[N+]1(C)C.[I-].[I-]. The van der Waals surface area contributed by atoms with Gasteiger partial charge in [0.2, 0.25) is 0 Å². The molecule has 1 fully saturated rings. The van der Waals surface area contributed by atoms with Crippen molar-refractivity contribution in [2.75, 3.05) is 54.0 Å². The molecule has 0 saturated carbocycles. The summed E-state index contributed by atoms with van der Waals surface area (Å²) in [5.74, 6) is 0. The second-order valence-electron chi connectivity index (χ2n) is 9.05. The molecule has 3 nitrogen and oxygen atoms in total. The van der Waals surface area contributed by atoms with E-state index in [0.29, 0.717) is 5.54 Å². The largest absolute Gasteiger partial charge is 1.00 e. The van der Waals surface area contributed by atoms with Crippen LogP contribution in [0.5, 0.6) is 0 Å². The maximum atomic E-state index is 5.52. The van der Waals surface area contributed by atoms with Gasteiger partial charge < -0.3 is 61.7 Å². The molecule has 2 rings (SSSR count). The molecule has 0 unspecified atom stereocenters. The molecule has 0 bridgehead atoms. The summed E-state index contributed by atoms with van der Waals surface area (Å²) in [7, 11) is 7.15. The topological polar surface area (TPSA) is 9.23 Å². The van der Waals surface area contributed by atoms with Crippen molar-refractivity contribution < 1.29 is 61.7 Å². The van der Waals surface area contributed by atoms with E-state index in [9.17, 15) is 0 Å². The highest BCUT2D eigenvalue weighted by Crippen LogP contribution is 2.42. The van der Waals surface area contributed by atoms with E-state index in [1.54, 1.807) is 5.57 Å². The lowest BCUT2D eigenvalue weighted by atomic mass is 9.77. The Hall–Kier alpha value is 1.08. The third kappa shape index (κ3) is 5.05. The van der Waals surface area contributed by atoms with Crippen LogP contribution in [0.25, 0.3) is 0 Å². The van der Waals surface area contributed by atoms with Gasteiger partial charge in [-0.15, -0.1) is 0 Å². The van der Waals surface area contributed by atoms with Crippen LogP contribution in [0.3, 0.4) is 0 Å². The fraction of sp³-hybridized carbons (Fsp3) is 0.889. The van der Waals surface area contributed by atoms with Gasteiger partial charge in [0, 0.05) is 12.8 Å². The highest BCUT2D eigenvalue weighted by Gasteiger charge is 2.50. The number of nitrogens with zero attached hydrogens (tertiary/aromatic N) is 2. The van der Waals surface area contributed by atoms with Crippen LogP contribution in [0.1, 0.15) is 40.5 Å². The minimum atomic E-state index is 0. The molecule has 5 heteroatoms. The van der Waals surface area contributed by atoms with E-state index in [1.807, 2.05) is 0 Å². The van der Waals surface area contributed by atoms with Gasteiger partial charge in [-0.05, 0) is 33.8 Å². The summed E-state index contributed by atoms with van der Waals surface area (Å²) in [5.41, 5.74) is 2.17. The first-order valence-electron chi connectivity index (χ1n) is 8.45. The van der Waals surface area contributed by atoms with Gasteiger partial charge in [0.05, 0.1) is 46.4 Å². The van der Waals surface area contributed by atoms with Gasteiger partial charge in [0.1, 0.15) is 18.6 Å². The van der Waals surface area contributed by atoms with E-state index in [4.69, 9.17) is 4.74 Å². The van der Waals surface area contributed by atoms with Crippen molar-refractivity contribution in [1.82, 2.24) is 0 Å². The number of morpholine rings is 1. The summed E-state index contributed by atoms with van der Waals surface area (Å²) in [4.78, 5) is 0. The molecule has 0 N–H and O–H groups in total. The van der Waals surface area contributed by atoms with Gasteiger partial charge in [-0.1, -0.05) is 5.57 Å². The Morgan fingerprint density at radius 1 is 1.00 bits per heavy atom. The Labute approximate surface area is 178 Å². The summed E-state index contributed by atoms with van der Waals surface area (Å²) in [6.07, 6.45) is 5.02. The normalized spacial score (nSPS) is 27.2. The predicted molar refractivity (Wildman–Crippen MR) is 89.2 cm³/mol. The molecule has 0 aromatic carbocycles. The quantitative estimate of drug-likeness (QED) is 0.205. The lowest BCUT2D eigenvalue weighted by Gasteiger charge is -2.56. The first kappa shape index (κ1) is 24.1. The molecule has 0 atom stereocenters. The smallest absolute Gasteiger partial charge is 0.112 e. The van der Waals surface area contributed by atoms with Gasteiger partial charge in [-0.3, -0.25) is 0 Å². The highest BCUT2D eigenvalue weighted by atomic mass is 127. The van der Waals surface area contributed by atoms with Crippen LogP contribution in [0.4, 0.5) is 0 Å². The summed E-state index contributed by atoms with van der Waals surface area (Å²) in [6, 6.07) is 0. The zero-order chi connectivity index (χ0) is 15.9. The lowest BCUT2D eigenvalue weighted by molar-refractivity contribution is -0.976. The molecule has 2 aliphatic heterocycles. The second-order valence-corrected chi connectivity index (χ2v) is 9.05. The van der Waals surface area contributed by atoms with Gasteiger partial charge >= 0.3 is 0 Å². The highest BCUT2D eigenvalue weighted by molar-refractivity contribution is 5.16. The van der Waals surface area contributed by atoms with Crippen LogP contribution >= 0.6 is 0 Å². The molecule has 0 spiro atoms. The number of likely N-dealkylation sites (N-methyl/N-ethyl adjacent to an activating group) is 2. The summed E-state index contributed by atoms with van der Waals surface area (Å²) in [6.45, 7) is 15.1. The van der Waals surface area contributed by atoms with Crippen LogP contribution in [0.2, 0.25) is 0 Å². The average molecular weight is 550 g/mol. The monoisotopic (exact) mass is 550 g/mol. The van der Waals surface area contributed by atoms with Crippen LogP contribution in [-0.4, -0.2) is 74.0 Å². The molecule has 0 aromatic rings. The van der Waals surface area contributed by atoms with Crippen molar-refractivity contribution >= 4 is 0 Å². The maximum Gasteiger partial charge on any atom is 0.112 e. The van der Waals surface area contributed by atoms with E-state index in [2.05, 4.69) is 54.9 Å². The molecular weight excluding hydrogens is 514 g/mol. The Balaban J connectivity index is 0.00000242. The number of hydrogen-bond donors (Lipinski definition) is 0. The molecule has 0 radical (unpaired) electrons. The fourth-order valence-corrected chi connectivity index (χ4v) is 3.83. The standard InChI is InChI=1S/C18H36N2O.2HI/c1-17(2)14-16(15-18(3,4)19(17,5)6)8-9-20(7)10-12-21-13-11-20;;/h14H,8-13,15H2,1-7H3;2*1H/q+2;;/p-2. The number of ether oxygens (including phenoxy) is 1. The van der Waals surface area contributed by atoms with E-state index in [1.165, 1.54) is 37.0 Å². The Kier molecular flexibility index (Phi) is 8.57. The van der Waals surface area contributed by atoms with Gasteiger partial charge in [-0.2, -0.15) is 0 Å². The van der Waals surface area contributed by atoms with Crippen LogP contribution in [-0.2, 0) is 4.74 Å². The Bertz CT molecular complexity index is 425. The first-order valence-corrected chi connectivity index (χ1v) is 8.45. The summed E-state index contributed by atoms with van der Waals surface area (Å²) in [5, 5.41) is 0. The van der Waals surface area contributed by atoms with Gasteiger partial charge in [-0.25, -0.2) is 0 Å². The number of rotatable bonds is 3. The first-order chi connectivity index (χ1) is 9.49. The van der Waals surface area contributed by atoms with Crippen LogP contribution in [0, 0.1) is 0 Å². The van der Waals surface area contributed by atoms with E-state index in [0.717, 1.165) is 17.7 Å². The number of halogens is 2. The Morgan fingerprint density at radius 3 is 2.00 bits per heavy atom. The molecule has 2 heterocycles. The Morgan fingerprint density at radius 2 is 1.52 bits per heavy atom. The number of hydrogen-bond acceptors (Lipinski definition) is 1. The summed E-state index contributed by atoms with van der Waals surface area (Å²) < 4.78 is 7.75. The molecule has 0 amide bonds. The van der Waals surface area contributed by atoms with Crippen molar-refractivity contribution in [2.24, 2.45) is 0 Å². The third-order valence-electron chi connectivity index (χ3n) is 6.69. The van der Waals surface area contributed by atoms with Gasteiger partial charge in [0.25, 0.3) is 0 Å². The van der Waals surface area contributed by atoms with Crippen molar-refractivity contribution in [3.05, 3.63) is 11.6 Å². The molecule has 0 aromatic heterocycles. The van der Waals surface area contributed by atoms with Crippen LogP contribution < -0.4 is 48.0 Å². The predicted octanol–water partition coefficient (Wildman–Crippen LogP) is -3.17. The molecule has 138 valence electrons. The number of quaternary nitrogens is 2. The molecular formula is C18H36I2N2O. The second kappa shape index (κ2) is 8.18. The average Bonchev–Trinajstić information content (AvgIpc) is 2.34. The zero-order valence-electron chi connectivity index (χ0n) is 16.1. The zero-order valence-corrected chi connectivity index (χ0v) is 20.4. The molecule has 1 saturated heterocycles. The third-order valence-corrected chi connectivity index (χ3v) is 6.69. The van der Waals surface area contributed by atoms with E-state index in [-0.39, 0.29) is 53.5 Å². The van der Waals surface area contributed by atoms with Crippen LogP contribution in [0.15, 0.2) is 11.6 Å². The molecule has 2 aliphatic rings. The van der Waals surface area contributed by atoms with Crippen molar-refractivity contribution in [1.29, 1.82) is 0 Å². The molecule has 23 heavy (non-hydrogen) atoms. The van der Waals surface area contributed by atoms with Crippen molar-refractivity contribution in [3.8, 4) is 0 Å². The van der Waals surface area contributed by atoms with Crippen molar-refractivity contribution in [3.63, 3.8) is 0 Å². The van der Waals surface area contributed by atoms with E-state index < -0.39 is 0 Å². The lowest BCUT2D eigenvalue weighted by Crippen LogP contribution is -3.00. The fourth-order valence-electron chi connectivity index (χ4n) is 3.83. The van der Waals surface area contributed by atoms with Crippen molar-refractivity contribution in [2.45, 2.75) is 51.6 Å². The van der Waals surface area contributed by atoms with E-state index >= 15 is 0 Å². The molecule has 0 aliphatic carbocycles. The maximum absolute atomic E-state index is 5.52. The van der Waals surface area contributed by atoms with Gasteiger partial charge in [0.15, 0.2) is 0 Å².